The lowest BCUT2D eigenvalue weighted by molar-refractivity contribution is -0.133. The number of carboxylic acids is 1. The number of hydrogen-bond acceptors (Lipinski definition) is 5. The number of hydrogen-bond donors (Lipinski definition) is 1. The molecule has 0 saturated heterocycles. The van der Waals surface area contributed by atoms with Crippen LogP contribution in [0.4, 0.5) is 0 Å². The summed E-state index contributed by atoms with van der Waals surface area (Å²) in [4.78, 5) is 10.7. The van der Waals surface area contributed by atoms with Gasteiger partial charge in [-0.3, -0.25) is 14.0 Å². The van der Waals surface area contributed by atoms with Crippen molar-refractivity contribution in [3.63, 3.8) is 0 Å². The molecule has 0 radical (unpaired) electrons. The van der Waals surface area contributed by atoms with Crippen molar-refractivity contribution in [3.05, 3.63) is 17.6 Å². The van der Waals surface area contributed by atoms with Gasteiger partial charge in [0.15, 0.2) is 5.16 Å². The van der Waals surface area contributed by atoms with Gasteiger partial charge in [0.2, 0.25) is 0 Å². The normalized spacial score (nSPS) is 14.7. The first-order valence-electron chi connectivity index (χ1n) is 6.37. The Bertz CT molecular complexity index is 659. The predicted molar refractivity (Wildman–Crippen MR) is 73.2 cm³/mol. The van der Waals surface area contributed by atoms with Crippen molar-refractivity contribution in [1.29, 1.82) is 0 Å². The van der Waals surface area contributed by atoms with Gasteiger partial charge >= 0.3 is 5.97 Å². The molecule has 1 saturated carbocycles. The number of carboxylic acid groups (broad SMARTS) is 1. The molecule has 0 aromatic carbocycles. The van der Waals surface area contributed by atoms with E-state index in [1.54, 1.807) is 4.68 Å². The highest BCUT2D eigenvalue weighted by molar-refractivity contribution is 7.99. The average molecular weight is 293 g/mol. The maximum Gasteiger partial charge on any atom is 0.313 e. The monoisotopic (exact) mass is 293 g/mol. The topological polar surface area (TPSA) is 85.8 Å². The van der Waals surface area contributed by atoms with Crippen LogP contribution in [0, 0.1) is 6.92 Å². The molecule has 7 nitrogen and oxygen atoms in total. The first-order valence-corrected chi connectivity index (χ1v) is 7.35. The van der Waals surface area contributed by atoms with Gasteiger partial charge in [0.1, 0.15) is 11.6 Å². The van der Waals surface area contributed by atoms with E-state index in [2.05, 4.69) is 15.3 Å². The maximum absolute atomic E-state index is 10.7. The smallest absolute Gasteiger partial charge is 0.313 e. The fourth-order valence-electron chi connectivity index (χ4n) is 2.13. The quantitative estimate of drug-likeness (QED) is 0.838. The molecular formula is C12H15N5O2S. The summed E-state index contributed by atoms with van der Waals surface area (Å²) in [6.45, 7) is 1.93. The van der Waals surface area contributed by atoms with E-state index >= 15 is 0 Å². The van der Waals surface area contributed by atoms with Crippen LogP contribution in [0.3, 0.4) is 0 Å². The van der Waals surface area contributed by atoms with Crippen LogP contribution >= 0.6 is 11.8 Å². The summed E-state index contributed by atoms with van der Waals surface area (Å²) >= 11 is 1.18. The molecular weight excluding hydrogens is 278 g/mol. The fraction of sp³-hybridized carbons (Fsp3) is 0.500. The van der Waals surface area contributed by atoms with E-state index in [9.17, 15) is 4.79 Å². The Labute approximate surface area is 120 Å². The maximum atomic E-state index is 10.7. The Morgan fingerprint density at radius 3 is 2.80 bits per heavy atom. The predicted octanol–water partition coefficient (Wildman–Crippen LogP) is 1.36. The van der Waals surface area contributed by atoms with E-state index in [0.717, 1.165) is 30.2 Å². The lowest BCUT2D eigenvalue weighted by atomic mass is 10.4. The highest BCUT2D eigenvalue weighted by Gasteiger charge is 2.32. The van der Waals surface area contributed by atoms with Crippen molar-refractivity contribution in [2.45, 2.75) is 30.8 Å². The Kier molecular flexibility index (Phi) is 3.25. The van der Waals surface area contributed by atoms with Gasteiger partial charge < -0.3 is 5.11 Å². The van der Waals surface area contributed by atoms with E-state index in [-0.39, 0.29) is 5.75 Å². The minimum atomic E-state index is -0.862. The Balaban J connectivity index is 2.03. The minimum Gasteiger partial charge on any atom is -0.481 e. The highest BCUT2D eigenvalue weighted by atomic mass is 32.2. The van der Waals surface area contributed by atoms with Crippen molar-refractivity contribution in [3.8, 4) is 5.82 Å². The van der Waals surface area contributed by atoms with E-state index in [4.69, 9.17) is 5.11 Å². The molecule has 1 aliphatic rings. The number of aryl methyl sites for hydroxylation is 2. The molecule has 8 heteroatoms. The summed E-state index contributed by atoms with van der Waals surface area (Å²) in [5.41, 5.74) is 0.909. The molecule has 0 bridgehead atoms. The van der Waals surface area contributed by atoms with E-state index in [0.29, 0.717) is 11.1 Å². The number of thioether (sulfide) groups is 1. The van der Waals surface area contributed by atoms with E-state index < -0.39 is 5.97 Å². The zero-order valence-corrected chi connectivity index (χ0v) is 12.1. The van der Waals surface area contributed by atoms with Crippen LogP contribution < -0.4 is 0 Å². The largest absolute Gasteiger partial charge is 0.481 e. The van der Waals surface area contributed by atoms with Gasteiger partial charge in [0.25, 0.3) is 0 Å². The van der Waals surface area contributed by atoms with Crippen molar-refractivity contribution >= 4 is 17.7 Å². The minimum absolute atomic E-state index is 0.0281. The number of aromatic nitrogens is 5. The summed E-state index contributed by atoms with van der Waals surface area (Å²) in [5.74, 6) is 1.32. The van der Waals surface area contributed by atoms with Gasteiger partial charge in [-0.05, 0) is 19.8 Å². The van der Waals surface area contributed by atoms with Crippen molar-refractivity contribution in [1.82, 2.24) is 24.5 Å². The van der Waals surface area contributed by atoms with Gasteiger partial charge in [-0.1, -0.05) is 11.8 Å². The molecule has 2 heterocycles. The Morgan fingerprint density at radius 2 is 2.25 bits per heavy atom. The zero-order valence-electron chi connectivity index (χ0n) is 11.3. The number of nitrogens with zero attached hydrogens (tertiary/aromatic N) is 5. The van der Waals surface area contributed by atoms with Crippen molar-refractivity contribution < 1.29 is 9.90 Å². The van der Waals surface area contributed by atoms with Crippen LogP contribution in [-0.2, 0) is 11.8 Å². The molecule has 0 spiro atoms. The van der Waals surface area contributed by atoms with E-state index in [1.165, 1.54) is 11.8 Å². The lowest BCUT2D eigenvalue weighted by Crippen LogP contribution is -2.08. The third kappa shape index (κ3) is 2.43. The van der Waals surface area contributed by atoms with Gasteiger partial charge in [0, 0.05) is 19.0 Å². The summed E-state index contributed by atoms with van der Waals surface area (Å²) in [7, 11) is 1.87. The standard InChI is InChI=1S/C12H15N5O2S/c1-7-5-9(16(2)15-7)17-11(8-3-4-8)13-14-12(17)20-6-10(18)19/h5,8H,3-4,6H2,1-2H3,(H,18,19). The molecule has 0 amide bonds. The average Bonchev–Trinajstić information content (AvgIpc) is 3.05. The molecule has 1 N–H and O–H groups in total. The number of aliphatic carboxylic acids is 1. The second-order valence-corrected chi connectivity index (χ2v) is 5.84. The van der Waals surface area contributed by atoms with Crippen LogP contribution in [0.25, 0.3) is 5.82 Å². The van der Waals surface area contributed by atoms with Gasteiger partial charge in [-0.15, -0.1) is 10.2 Å². The Hall–Kier alpha value is -1.83. The van der Waals surface area contributed by atoms with Gasteiger partial charge in [-0.2, -0.15) is 5.10 Å². The first-order chi connectivity index (χ1) is 9.56. The molecule has 106 valence electrons. The molecule has 1 fully saturated rings. The molecule has 0 atom stereocenters. The molecule has 3 rings (SSSR count). The van der Waals surface area contributed by atoms with Gasteiger partial charge in [0.05, 0.1) is 11.4 Å². The van der Waals surface area contributed by atoms with Crippen LogP contribution in [0.15, 0.2) is 11.2 Å². The number of rotatable bonds is 5. The number of carbonyl (C=O) groups is 1. The summed E-state index contributed by atoms with van der Waals surface area (Å²) < 4.78 is 3.71. The zero-order chi connectivity index (χ0) is 14.3. The van der Waals surface area contributed by atoms with Crippen LogP contribution in [0.1, 0.15) is 30.3 Å². The molecule has 0 aliphatic heterocycles. The fourth-order valence-corrected chi connectivity index (χ4v) is 2.80. The second kappa shape index (κ2) is 4.93. The van der Waals surface area contributed by atoms with Crippen LogP contribution in [0.2, 0.25) is 0 Å². The third-order valence-corrected chi connectivity index (χ3v) is 4.05. The summed E-state index contributed by atoms with van der Waals surface area (Å²) in [6.07, 6.45) is 2.22. The second-order valence-electron chi connectivity index (χ2n) is 4.90. The summed E-state index contributed by atoms with van der Waals surface area (Å²) in [5, 5.41) is 22.2. The molecule has 2 aromatic heterocycles. The lowest BCUT2D eigenvalue weighted by Gasteiger charge is -2.08. The molecule has 20 heavy (non-hydrogen) atoms. The van der Waals surface area contributed by atoms with Crippen molar-refractivity contribution in [2.75, 3.05) is 5.75 Å². The van der Waals surface area contributed by atoms with Crippen LogP contribution in [-0.4, -0.2) is 41.4 Å². The summed E-state index contributed by atoms with van der Waals surface area (Å²) in [6, 6.07) is 1.96. The molecule has 0 unspecified atom stereocenters. The Morgan fingerprint density at radius 1 is 1.50 bits per heavy atom. The van der Waals surface area contributed by atoms with Gasteiger partial charge in [-0.25, -0.2) is 0 Å². The molecule has 2 aromatic rings. The highest BCUT2D eigenvalue weighted by Crippen LogP contribution is 2.41. The SMILES string of the molecule is Cc1cc(-n2c(SCC(=O)O)nnc2C2CC2)n(C)n1. The first kappa shape index (κ1) is 13.2. The molecule has 1 aliphatic carbocycles. The van der Waals surface area contributed by atoms with E-state index in [1.807, 2.05) is 24.6 Å². The van der Waals surface area contributed by atoms with Crippen LogP contribution in [0.5, 0.6) is 0 Å². The van der Waals surface area contributed by atoms with Crippen molar-refractivity contribution in [2.24, 2.45) is 7.05 Å². The third-order valence-electron chi connectivity index (χ3n) is 3.13.